The Morgan fingerprint density at radius 1 is 1.00 bits per heavy atom. The van der Waals surface area contributed by atoms with Gasteiger partial charge in [-0.2, -0.15) is 0 Å². The van der Waals surface area contributed by atoms with E-state index in [1.807, 2.05) is 54.6 Å². The fourth-order valence-corrected chi connectivity index (χ4v) is 4.24. The number of ether oxygens (including phenoxy) is 1. The van der Waals surface area contributed by atoms with Crippen LogP contribution in [0.25, 0.3) is 0 Å². The number of hydrogen-bond acceptors (Lipinski definition) is 6. The smallest absolute Gasteiger partial charge is 0.410 e. The molecule has 0 radical (unpaired) electrons. The molecule has 1 fully saturated rings. The van der Waals surface area contributed by atoms with Crippen LogP contribution in [0, 0.1) is 0 Å². The Morgan fingerprint density at radius 3 is 2.48 bits per heavy atom. The summed E-state index contributed by atoms with van der Waals surface area (Å²) in [5.41, 5.74) is 1.20. The molecule has 31 heavy (non-hydrogen) atoms. The predicted octanol–water partition coefficient (Wildman–Crippen LogP) is 4.79. The van der Waals surface area contributed by atoms with Crippen molar-refractivity contribution in [2.45, 2.75) is 11.4 Å². The summed E-state index contributed by atoms with van der Waals surface area (Å²) in [6.45, 7) is 2.59. The van der Waals surface area contributed by atoms with E-state index < -0.39 is 0 Å². The van der Waals surface area contributed by atoms with Crippen LogP contribution in [-0.2, 0) is 6.42 Å². The third-order valence-electron chi connectivity index (χ3n) is 4.98. The maximum Gasteiger partial charge on any atom is 0.415 e. The third-order valence-corrected chi connectivity index (χ3v) is 6.15. The number of anilines is 1. The number of nitrogens with zero attached hydrogens (tertiary/aromatic N) is 4. The van der Waals surface area contributed by atoms with Crippen molar-refractivity contribution in [1.82, 2.24) is 14.9 Å². The normalized spacial score (nSPS) is 13.8. The number of rotatable bonds is 6. The van der Waals surface area contributed by atoms with Gasteiger partial charge in [0.15, 0.2) is 0 Å². The molecule has 1 saturated heterocycles. The quantitative estimate of drug-likeness (QED) is 0.499. The second-order valence-corrected chi connectivity index (χ2v) is 8.64. The third kappa shape index (κ3) is 6.12. The largest absolute Gasteiger partial charge is 0.415 e. The van der Waals surface area contributed by atoms with Crippen molar-refractivity contribution in [2.75, 3.05) is 36.8 Å². The Morgan fingerprint density at radius 2 is 1.81 bits per heavy atom. The fraction of sp³-hybridized carbons (Fsp3) is 0.261. The van der Waals surface area contributed by atoms with Crippen molar-refractivity contribution in [3.63, 3.8) is 0 Å². The molecule has 0 saturated carbocycles. The van der Waals surface area contributed by atoms with Gasteiger partial charge in [0.05, 0.1) is 10.0 Å². The molecule has 0 aliphatic carbocycles. The molecular weight excluding hydrogens is 432 g/mol. The zero-order valence-electron chi connectivity index (χ0n) is 17.0. The molecule has 0 bridgehead atoms. The number of halogens is 1. The molecule has 160 valence electrons. The highest BCUT2D eigenvalue weighted by molar-refractivity contribution is 7.99. The number of hydrogen-bond donors (Lipinski definition) is 0. The Bertz CT molecular complexity index is 979. The number of amides is 1. The van der Waals surface area contributed by atoms with E-state index in [-0.39, 0.29) is 6.09 Å². The van der Waals surface area contributed by atoms with E-state index in [1.54, 1.807) is 29.1 Å². The number of thioether (sulfide) groups is 1. The summed E-state index contributed by atoms with van der Waals surface area (Å²) < 4.78 is 5.56. The van der Waals surface area contributed by atoms with Gasteiger partial charge in [-0.15, -0.1) is 11.8 Å². The van der Waals surface area contributed by atoms with Crippen molar-refractivity contribution in [2.24, 2.45) is 0 Å². The maximum atomic E-state index is 12.5. The summed E-state index contributed by atoms with van der Waals surface area (Å²) in [6.07, 6.45) is 4.05. The van der Waals surface area contributed by atoms with Gasteiger partial charge >= 0.3 is 6.09 Å². The Balaban J connectivity index is 1.22. The molecule has 1 amide bonds. The second kappa shape index (κ2) is 10.5. The standard InChI is InChI=1S/C23H23ClN4O2S/c24-19-6-9-21(26-17-19)27-12-14-28(15-13-27)23(29)30-20-7-4-18(5-8-20)10-16-31-22-3-1-2-11-25-22/h1-9,11,17H,10,12-16H2. The van der Waals surface area contributed by atoms with Gasteiger partial charge in [-0.1, -0.05) is 29.8 Å². The van der Waals surface area contributed by atoms with Crippen LogP contribution in [0.3, 0.4) is 0 Å². The maximum absolute atomic E-state index is 12.5. The lowest BCUT2D eigenvalue weighted by Gasteiger charge is -2.34. The van der Waals surface area contributed by atoms with Crippen LogP contribution in [0.2, 0.25) is 5.02 Å². The van der Waals surface area contributed by atoms with Gasteiger partial charge in [-0.3, -0.25) is 0 Å². The van der Waals surface area contributed by atoms with Crippen molar-refractivity contribution in [3.05, 3.63) is 77.6 Å². The van der Waals surface area contributed by atoms with Crippen molar-refractivity contribution in [3.8, 4) is 5.75 Å². The number of pyridine rings is 2. The van der Waals surface area contributed by atoms with Gasteiger partial charge in [-0.25, -0.2) is 14.8 Å². The SMILES string of the molecule is O=C(Oc1ccc(CCSc2ccccn2)cc1)N1CCN(c2ccc(Cl)cn2)CC1. The first-order valence-corrected chi connectivity index (χ1v) is 11.5. The van der Waals surface area contributed by atoms with Gasteiger partial charge in [0.1, 0.15) is 11.6 Å². The van der Waals surface area contributed by atoms with Gasteiger partial charge in [0.2, 0.25) is 0 Å². The van der Waals surface area contributed by atoms with Crippen LogP contribution in [0.15, 0.2) is 72.0 Å². The molecule has 0 atom stereocenters. The Kier molecular flexibility index (Phi) is 7.27. The minimum atomic E-state index is -0.317. The number of piperazine rings is 1. The zero-order valence-corrected chi connectivity index (χ0v) is 18.6. The Hall–Kier alpha value is -2.77. The van der Waals surface area contributed by atoms with Crippen LogP contribution in [0.4, 0.5) is 10.6 Å². The van der Waals surface area contributed by atoms with Crippen LogP contribution in [0.1, 0.15) is 5.56 Å². The number of carbonyl (C=O) groups is 1. The van der Waals surface area contributed by atoms with Crippen molar-refractivity contribution in [1.29, 1.82) is 0 Å². The van der Waals surface area contributed by atoms with Crippen molar-refractivity contribution >= 4 is 35.3 Å². The van der Waals surface area contributed by atoms with Crippen LogP contribution >= 0.6 is 23.4 Å². The number of carbonyl (C=O) groups excluding carboxylic acids is 1. The first kappa shape index (κ1) is 21.5. The summed E-state index contributed by atoms with van der Waals surface area (Å²) in [5, 5.41) is 1.64. The predicted molar refractivity (Wildman–Crippen MR) is 124 cm³/mol. The summed E-state index contributed by atoms with van der Waals surface area (Å²) in [4.78, 5) is 25.0. The highest BCUT2D eigenvalue weighted by atomic mass is 35.5. The molecule has 2 aromatic heterocycles. The number of benzene rings is 1. The average Bonchev–Trinajstić information content (AvgIpc) is 2.81. The van der Waals surface area contributed by atoms with E-state index in [0.29, 0.717) is 37.0 Å². The first-order chi connectivity index (χ1) is 15.2. The zero-order chi connectivity index (χ0) is 21.5. The topological polar surface area (TPSA) is 58.6 Å². The summed E-state index contributed by atoms with van der Waals surface area (Å²) in [7, 11) is 0. The molecule has 0 spiro atoms. The second-order valence-electron chi connectivity index (χ2n) is 7.09. The average molecular weight is 455 g/mol. The molecule has 0 unspecified atom stereocenters. The minimum absolute atomic E-state index is 0.317. The lowest BCUT2D eigenvalue weighted by molar-refractivity contribution is 0.149. The van der Waals surface area contributed by atoms with Crippen LogP contribution < -0.4 is 9.64 Å². The highest BCUT2D eigenvalue weighted by Crippen LogP contribution is 2.20. The lowest BCUT2D eigenvalue weighted by Crippen LogP contribution is -2.49. The van der Waals surface area contributed by atoms with Crippen LogP contribution in [0.5, 0.6) is 5.75 Å². The van der Waals surface area contributed by atoms with Gasteiger partial charge in [-0.05, 0) is 48.4 Å². The summed E-state index contributed by atoms with van der Waals surface area (Å²) in [5.74, 6) is 2.38. The van der Waals surface area contributed by atoms with Crippen molar-refractivity contribution < 1.29 is 9.53 Å². The molecular formula is C23H23ClN4O2S. The fourth-order valence-electron chi connectivity index (χ4n) is 3.27. The van der Waals surface area contributed by atoms with E-state index in [0.717, 1.165) is 23.0 Å². The van der Waals surface area contributed by atoms with E-state index >= 15 is 0 Å². The molecule has 3 heterocycles. The van der Waals surface area contributed by atoms with E-state index in [4.69, 9.17) is 16.3 Å². The monoisotopic (exact) mass is 454 g/mol. The molecule has 1 aromatic carbocycles. The molecule has 3 aromatic rings. The summed E-state index contributed by atoms with van der Waals surface area (Å²) >= 11 is 7.63. The molecule has 0 N–H and O–H groups in total. The van der Waals surface area contributed by atoms with E-state index in [9.17, 15) is 4.79 Å². The number of aryl methyl sites for hydroxylation is 1. The molecule has 8 heteroatoms. The van der Waals surface area contributed by atoms with E-state index in [1.165, 1.54) is 5.56 Å². The van der Waals surface area contributed by atoms with Gasteiger partial charge < -0.3 is 14.5 Å². The molecule has 4 rings (SSSR count). The van der Waals surface area contributed by atoms with Gasteiger partial charge in [0, 0.05) is 44.3 Å². The molecule has 1 aliphatic rings. The molecule has 1 aliphatic heterocycles. The van der Waals surface area contributed by atoms with E-state index in [2.05, 4.69) is 14.9 Å². The Labute approximate surface area is 191 Å². The van der Waals surface area contributed by atoms with Gasteiger partial charge in [0.25, 0.3) is 0 Å². The minimum Gasteiger partial charge on any atom is -0.410 e. The first-order valence-electron chi connectivity index (χ1n) is 10.1. The number of aromatic nitrogens is 2. The highest BCUT2D eigenvalue weighted by Gasteiger charge is 2.23. The lowest BCUT2D eigenvalue weighted by atomic mass is 10.2. The summed E-state index contributed by atoms with van der Waals surface area (Å²) in [6, 6.07) is 17.4. The molecule has 6 nitrogen and oxygen atoms in total. The van der Waals surface area contributed by atoms with Crippen LogP contribution in [-0.4, -0.2) is 52.9 Å².